The number of rotatable bonds is 3. The lowest BCUT2D eigenvalue weighted by atomic mass is 10.1. The predicted molar refractivity (Wildman–Crippen MR) is 71.2 cm³/mol. The van der Waals surface area contributed by atoms with Crippen molar-refractivity contribution in [2.75, 3.05) is 5.32 Å². The third-order valence-corrected chi connectivity index (χ3v) is 2.62. The number of carbonyl (C=O) groups is 1. The fourth-order valence-corrected chi connectivity index (χ4v) is 1.74. The first kappa shape index (κ1) is 11.7. The minimum Gasteiger partial charge on any atom is -0.355 e. The molecule has 0 heterocycles. The molecule has 0 aliphatic rings. The van der Waals surface area contributed by atoms with Gasteiger partial charge in [-0.1, -0.05) is 29.8 Å². The molecule has 0 aliphatic heterocycles. The average molecular weight is 246 g/mol. The van der Waals surface area contributed by atoms with Crippen LogP contribution >= 0.6 is 11.6 Å². The van der Waals surface area contributed by atoms with Crippen LogP contribution in [0.25, 0.3) is 0 Å². The summed E-state index contributed by atoms with van der Waals surface area (Å²) in [6.07, 6.45) is 0. The number of hydrogen-bond donors (Lipinski definition) is 1. The van der Waals surface area contributed by atoms with Crippen molar-refractivity contribution in [2.45, 2.75) is 6.92 Å². The Balaban J connectivity index is 2.24. The van der Waals surface area contributed by atoms with Gasteiger partial charge in [0.15, 0.2) is 5.78 Å². The third kappa shape index (κ3) is 3.08. The summed E-state index contributed by atoms with van der Waals surface area (Å²) in [5.74, 6) is 0.0553. The van der Waals surface area contributed by atoms with Gasteiger partial charge in [-0.3, -0.25) is 4.79 Å². The molecule has 3 heteroatoms. The molecule has 1 N–H and O–H groups in total. The summed E-state index contributed by atoms with van der Waals surface area (Å²) in [5.41, 5.74) is 2.47. The largest absolute Gasteiger partial charge is 0.355 e. The Hall–Kier alpha value is -1.80. The van der Waals surface area contributed by atoms with Crippen molar-refractivity contribution in [1.29, 1.82) is 0 Å². The third-order valence-electron chi connectivity index (χ3n) is 2.38. The first-order chi connectivity index (χ1) is 8.15. The maximum Gasteiger partial charge on any atom is 0.159 e. The van der Waals surface area contributed by atoms with E-state index in [9.17, 15) is 4.79 Å². The summed E-state index contributed by atoms with van der Waals surface area (Å²) < 4.78 is 0. The Morgan fingerprint density at radius 2 is 1.71 bits per heavy atom. The van der Waals surface area contributed by atoms with Crippen molar-refractivity contribution in [1.82, 2.24) is 0 Å². The number of anilines is 2. The number of ketones is 1. The van der Waals surface area contributed by atoms with E-state index in [1.807, 2.05) is 42.5 Å². The van der Waals surface area contributed by atoms with Crippen LogP contribution in [-0.2, 0) is 0 Å². The van der Waals surface area contributed by atoms with Gasteiger partial charge in [0.25, 0.3) is 0 Å². The standard InChI is InChI=1S/C14H12ClNO/c1-10(17)11-4-2-6-13(8-11)16-14-7-3-5-12(15)9-14/h2-9,16H,1H3. The molecule has 2 rings (SSSR count). The number of halogens is 1. The zero-order valence-electron chi connectivity index (χ0n) is 9.41. The molecule has 17 heavy (non-hydrogen) atoms. The number of Topliss-reactive ketones (excluding diaryl/α,β-unsaturated/α-hetero) is 1. The molecular formula is C14H12ClNO. The van der Waals surface area contributed by atoms with E-state index >= 15 is 0 Å². The molecule has 0 aliphatic carbocycles. The number of nitrogens with one attached hydrogen (secondary N) is 1. The number of hydrogen-bond acceptors (Lipinski definition) is 2. The van der Waals surface area contributed by atoms with Crippen LogP contribution in [0.3, 0.4) is 0 Å². The van der Waals surface area contributed by atoms with Crippen molar-refractivity contribution in [3.63, 3.8) is 0 Å². The van der Waals surface area contributed by atoms with Gasteiger partial charge in [0.05, 0.1) is 0 Å². The van der Waals surface area contributed by atoms with Gasteiger partial charge in [-0.2, -0.15) is 0 Å². The summed E-state index contributed by atoms with van der Waals surface area (Å²) in [7, 11) is 0. The van der Waals surface area contributed by atoms with Crippen LogP contribution in [0, 0.1) is 0 Å². The maximum absolute atomic E-state index is 11.3. The van der Waals surface area contributed by atoms with Crippen LogP contribution in [0.2, 0.25) is 5.02 Å². The van der Waals surface area contributed by atoms with Crippen molar-refractivity contribution in [3.05, 3.63) is 59.1 Å². The summed E-state index contributed by atoms with van der Waals surface area (Å²) >= 11 is 5.90. The Morgan fingerprint density at radius 3 is 2.35 bits per heavy atom. The first-order valence-corrected chi connectivity index (χ1v) is 5.66. The summed E-state index contributed by atoms with van der Waals surface area (Å²) in [6.45, 7) is 1.55. The lowest BCUT2D eigenvalue weighted by Crippen LogP contribution is -1.95. The first-order valence-electron chi connectivity index (χ1n) is 5.29. The quantitative estimate of drug-likeness (QED) is 0.818. The predicted octanol–water partition coefficient (Wildman–Crippen LogP) is 4.29. The number of carbonyl (C=O) groups excluding carboxylic acids is 1. The average Bonchev–Trinajstić information content (AvgIpc) is 2.29. The molecule has 2 aromatic rings. The van der Waals surface area contributed by atoms with Gasteiger partial charge in [-0.15, -0.1) is 0 Å². The van der Waals surface area contributed by atoms with E-state index in [0.29, 0.717) is 10.6 Å². The van der Waals surface area contributed by atoms with Gasteiger partial charge in [0.2, 0.25) is 0 Å². The smallest absolute Gasteiger partial charge is 0.159 e. The van der Waals surface area contributed by atoms with E-state index in [4.69, 9.17) is 11.6 Å². The van der Waals surface area contributed by atoms with Crippen molar-refractivity contribution in [2.24, 2.45) is 0 Å². The van der Waals surface area contributed by atoms with Gasteiger partial charge in [-0.05, 0) is 37.3 Å². The Bertz CT molecular complexity index is 551. The molecule has 0 aromatic heterocycles. The maximum atomic E-state index is 11.3. The lowest BCUT2D eigenvalue weighted by molar-refractivity contribution is 0.101. The Morgan fingerprint density at radius 1 is 1.06 bits per heavy atom. The van der Waals surface area contributed by atoms with Crippen LogP contribution in [0.15, 0.2) is 48.5 Å². The fraction of sp³-hybridized carbons (Fsp3) is 0.0714. The van der Waals surface area contributed by atoms with Crippen LogP contribution in [0.4, 0.5) is 11.4 Å². The molecule has 0 radical (unpaired) electrons. The van der Waals surface area contributed by atoms with Crippen molar-refractivity contribution in [3.8, 4) is 0 Å². The highest BCUT2D eigenvalue weighted by Gasteiger charge is 2.01. The van der Waals surface area contributed by atoms with Gasteiger partial charge >= 0.3 is 0 Å². The molecule has 0 unspecified atom stereocenters. The molecule has 0 saturated carbocycles. The molecule has 0 saturated heterocycles. The Labute approximate surface area is 105 Å². The highest BCUT2D eigenvalue weighted by Crippen LogP contribution is 2.20. The van der Waals surface area contributed by atoms with Gasteiger partial charge < -0.3 is 5.32 Å². The molecule has 0 bridgehead atoms. The summed E-state index contributed by atoms with van der Waals surface area (Å²) in [6, 6.07) is 14.8. The molecule has 2 nitrogen and oxygen atoms in total. The molecular weight excluding hydrogens is 234 g/mol. The van der Waals surface area contributed by atoms with Gasteiger partial charge in [-0.25, -0.2) is 0 Å². The van der Waals surface area contributed by atoms with Crippen molar-refractivity contribution >= 4 is 28.8 Å². The van der Waals surface area contributed by atoms with E-state index in [2.05, 4.69) is 5.32 Å². The van der Waals surface area contributed by atoms with Crippen molar-refractivity contribution < 1.29 is 4.79 Å². The van der Waals surface area contributed by atoms with E-state index < -0.39 is 0 Å². The summed E-state index contributed by atoms with van der Waals surface area (Å²) in [5, 5.41) is 3.88. The molecule has 0 amide bonds. The SMILES string of the molecule is CC(=O)c1cccc(Nc2cccc(Cl)c2)c1. The van der Waals surface area contributed by atoms with Crippen LogP contribution in [-0.4, -0.2) is 5.78 Å². The van der Waals surface area contributed by atoms with Crippen LogP contribution in [0.5, 0.6) is 0 Å². The normalized spacial score (nSPS) is 10.0. The minimum atomic E-state index is 0.0553. The zero-order valence-corrected chi connectivity index (χ0v) is 10.2. The molecule has 0 fully saturated rings. The second-order valence-corrected chi connectivity index (χ2v) is 4.21. The fourth-order valence-electron chi connectivity index (χ4n) is 1.55. The number of benzene rings is 2. The van der Waals surface area contributed by atoms with Crippen LogP contribution < -0.4 is 5.32 Å². The highest BCUT2D eigenvalue weighted by atomic mass is 35.5. The second-order valence-electron chi connectivity index (χ2n) is 3.77. The van der Waals surface area contributed by atoms with Gasteiger partial charge in [0, 0.05) is 22.0 Å². The Kier molecular flexibility index (Phi) is 3.45. The second kappa shape index (κ2) is 5.02. The minimum absolute atomic E-state index is 0.0553. The zero-order chi connectivity index (χ0) is 12.3. The van der Waals surface area contributed by atoms with Gasteiger partial charge in [0.1, 0.15) is 0 Å². The van der Waals surface area contributed by atoms with E-state index in [1.165, 1.54) is 0 Å². The molecule has 0 spiro atoms. The highest BCUT2D eigenvalue weighted by molar-refractivity contribution is 6.30. The van der Waals surface area contributed by atoms with E-state index in [0.717, 1.165) is 11.4 Å². The monoisotopic (exact) mass is 245 g/mol. The molecule has 86 valence electrons. The van der Waals surface area contributed by atoms with E-state index in [-0.39, 0.29) is 5.78 Å². The summed E-state index contributed by atoms with van der Waals surface area (Å²) in [4.78, 5) is 11.3. The van der Waals surface area contributed by atoms with Crippen LogP contribution in [0.1, 0.15) is 17.3 Å². The lowest BCUT2D eigenvalue weighted by Gasteiger charge is -2.07. The van der Waals surface area contributed by atoms with E-state index in [1.54, 1.807) is 13.0 Å². The molecule has 0 atom stereocenters. The molecule has 2 aromatic carbocycles. The topological polar surface area (TPSA) is 29.1 Å².